The molecule has 0 aliphatic carbocycles. The summed E-state index contributed by atoms with van der Waals surface area (Å²) in [6.45, 7) is 0. The van der Waals surface area contributed by atoms with Gasteiger partial charge in [-0.25, -0.2) is 0 Å². The first-order valence-electron chi connectivity index (χ1n) is 9.50. The molecule has 0 saturated carbocycles. The van der Waals surface area contributed by atoms with Crippen LogP contribution < -0.4 is 10.6 Å². The van der Waals surface area contributed by atoms with Crippen LogP contribution in [0.3, 0.4) is 0 Å². The molecule has 154 valence electrons. The van der Waals surface area contributed by atoms with Gasteiger partial charge in [-0.3, -0.25) is 19.3 Å². The first-order chi connectivity index (χ1) is 14.9. The van der Waals surface area contributed by atoms with Gasteiger partial charge in [0, 0.05) is 29.0 Å². The molecule has 1 aliphatic heterocycles. The van der Waals surface area contributed by atoms with E-state index in [2.05, 4.69) is 10.6 Å². The zero-order valence-corrected chi connectivity index (χ0v) is 17.3. The van der Waals surface area contributed by atoms with Gasteiger partial charge in [0.2, 0.25) is 0 Å². The topological polar surface area (TPSA) is 78.5 Å². The SMILES string of the molecule is CN1C(=O)C(Nc2ccc(C(=O)Nc3ccc(Cl)cc3)cc2)=C(c2ccccc2)C1=O. The fraction of sp³-hybridized carbons (Fsp3) is 0.0417. The number of imide groups is 1. The van der Waals surface area contributed by atoms with E-state index < -0.39 is 5.91 Å². The molecule has 3 amide bonds. The van der Waals surface area contributed by atoms with Crippen molar-refractivity contribution >= 4 is 46.3 Å². The van der Waals surface area contributed by atoms with Crippen molar-refractivity contribution < 1.29 is 14.4 Å². The van der Waals surface area contributed by atoms with E-state index in [1.165, 1.54) is 7.05 Å². The number of likely N-dealkylation sites (N-methyl/N-ethyl adjacent to an activating group) is 1. The Morgan fingerprint density at radius 2 is 1.42 bits per heavy atom. The molecule has 2 N–H and O–H groups in total. The lowest BCUT2D eigenvalue weighted by Crippen LogP contribution is -2.27. The summed E-state index contributed by atoms with van der Waals surface area (Å²) in [6, 6.07) is 22.5. The summed E-state index contributed by atoms with van der Waals surface area (Å²) in [5, 5.41) is 6.42. The van der Waals surface area contributed by atoms with Gasteiger partial charge < -0.3 is 10.6 Å². The molecule has 1 aliphatic rings. The van der Waals surface area contributed by atoms with Crippen LogP contribution in [0.4, 0.5) is 11.4 Å². The van der Waals surface area contributed by atoms with E-state index in [4.69, 9.17) is 11.6 Å². The molecule has 7 heteroatoms. The Labute approximate surface area is 184 Å². The molecule has 0 saturated heterocycles. The molecule has 0 aromatic heterocycles. The lowest BCUT2D eigenvalue weighted by Gasteiger charge is -2.10. The second kappa shape index (κ2) is 8.45. The van der Waals surface area contributed by atoms with Gasteiger partial charge in [-0.15, -0.1) is 0 Å². The monoisotopic (exact) mass is 431 g/mol. The van der Waals surface area contributed by atoms with Gasteiger partial charge in [-0.05, 0) is 54.1 Å². The molecule has 0 fully saturated rings. The number of rotatable bonds is 5. The third-order valence-corrected chi connectivity index (χ3v) is 5.12. The molecular weight excluding hydrogens is 414 g/mol. The van der Waals surface area contributed by atoms with Crippen LogP contribution in [0.15, 0.2) is 84.6 Å². The van der Waals surface area contributed by atoms with Gasteiger partial charge >= 0.3 is 0 Å². The van der Waals surface area contributed by atoms with Crippen LogP contribution in [0.1, 0.15) is 15.9 Å². The minimum absolute atomic E-state index is 0.206. The number of amides is 3. The molecule has 0 spiro atoms. The van der Waals surface area contributed by atoms with E-state index in [1.54, 1.807) is 60.7 Å². The number of nitrogens with zero attached hydrogens (tertiary/aromatic N) is 1. The van der Waals surface area contributed by atoms with Gasteiger partial charge in [-0.1, -0.05) is 41.9 Å². The Morgan fingerprint density at radius 3 is 2.06 bits per heavy atom. The van der Waals surface area contributed by atoms with Crippen LogP contribution in [0.25, 0.3) is 5.57 Å². The maximum absolute atomic E-state index is 12.6. The van der Waals surface area contributed by atoms with E-state index in [0.717, 1.165) is 4.90 Å². The van der Waals surface area contributed by atoms with Gasteiger partial charge in [0.15, 0.2) is 0 Å². The van der Waals surface area contributed by atoms with E-state index >= 15 is 0 Å². The summed E-state index contributed by atoms with van der Waals surface area (Å²) < 4.78 is 0. The molecule has 1 heterocycles. The number of nitrogens with one attached hydrogen (secondary N) is 2. The van der Waals surface area contributed by atoms with E-state index in [1.807, 2.05) is 18.2 Å². The van der Waals surface area contributed by atoms with Crippen molar-refractivity contribution in [3.8, 4) is 0 Å². The lowest BCUT2D eigenvalue weighted by molar-refractivity contribution is -0.135. The molecule has 31 heavy (non-hydrogen) atoms. The molecule has 0 unspecified atom stereocenters. The van der Waals surface area contributed by atoms with E-state index in [0.29, 0.717) is 33.1 Å². The molecule has 6 nitrogen and oxygen atoms in total. The Morgan fingerprint density at radius 1 is 0.806 bits per heavy atom. The normalized spacial score (nSPS) is 13.5. The predicted octanol–water partition coefficient (Wildman–Crippen LogP) is 4.41. The highest BCUT2D eigenvalue weighted by atomic mass is 35.5. The number of hydrogen-bond acceptors (Lipinski definition) is 4. The number of benzene rings is 3. The summed E-state index contributed by atoms with van der Waals surface area (Å²) in [5.74, 6) is -1.05. The van der Waals surface area contributed by atoms with E-state index in [-0.39, 0.29) is 17.5 Å². The zero-order valence-electron chi connectivity index (χ0n) is 16.6. The first kappa shape index (κ1) is 20.4. The fourth-order valence-corrected chi connectivity index (χ4v) is 3.34. The van der Waals surface area contributed by atoms with Crippen LogP contribution in [0.5, 0.6) is 0 Å². The summed E-state index contributed by atoms with van der Waals surface area (Å²) in [6.07, 6.45) is 0. The number of hydrogen-bond donors (Lipinski definition) is 2. The summed E-state index contributed by atoms with van der Waals surface area (Å²) in [5.41, 5.74) is 2.85. The summed E-state index contributed by atoms with van der Waals surface area (Å²) >= 11 is 5.86. The average molecular weight is 432 g/mol. The van der Waals surface area contributed by atoms with E-state index in [9.17, 15) is 14.4 Å². The number of carbonyl (C=O) groups is 3. The highest BCUT2D eigenvalue weighted by molar-refractivity contribution is 6.36. The maximum Gasteiger partial charge on any atom is 0.277 e. The number of halogens is 1. The van der Waals surface area contributed by atoms with Crippen molar-refractivity contribution in [1.29, 1.82) is 0 Å². The first-order valence-corrected chi connectivity index (χ1v) is 9.88. The highest BCUT2D eigenvalue weighted by Gasteiger charge is 2.36. The second-order valence-electron chi connectivity index (χ2n) is 6.95. The zero-order chi connectivity index (χ0) is 22.0. The van der Waals surface area contributed by atoms with Crippen molar-refractivity contribution in [1.82, 2.24) is 4.90 Å². The Balaban J connectivity index is 1.55. The quantitative estimate of drug-likeness (QED) is 0.586. The smallest absolute Gasteiger partial charge is 0.277 e. The Bertz CT molecular complexity index is 1190. The van der Waals surface area contributed by atoms with Crippen molar-refractivity contribution in [2.75, 3.05) is 17.7 Å². The Hall–Kier alpha value is -3.90. The largest absolute Gasteiger partial charge is 0.350 e. The molecule has 3 aromatic carbocycles. The van der Waals surface area contributed by atoms with Gasteiger partial charge in [0.25, 0.3) is 17.7 Å². The Kier molecular flexibility index (Phi) is 5.56. The lowest BCUT2D eigenvalue weighted by atomic mass is 10.0. The average Bonchev–Trinajstić information content (AvgIpc) is 3.00. The van der Waals surface area contributed by atoms with Gasteiger partial charge in [0.1, 0.15) is 5.70 Å². The maximum atomic E-state index is 12.6. The third-order valence-electron chi connectivity index (χ3n) is 4.87. The molecule has 3 aromatic rings. The number of carbonyl (C=O) groups excluding carboxylic acids is 3. The number of anilines is 2. The van der Waals surface area contributed by atoms with Crippen LogP contribution in [-0.4, -0.2) is 29.7 Å². The van der Waals surface area contributed by atoms with Crippen LogP contribution in [0, 0.1) is 0 Å². The van der Waals surface area contributed by atoms with Crippen LogP contribution in [-0.2, 0) is 9.59 Å². The molecule has 4 rings (SSSR count). The van der Waals surface area contributed by atoms with Crippen LogP contribution in [0.2, 0.25) is 5.02 Å². The van der Waals surface area contributed by atoms with Gasteiger partial charge in [-0.2, -0.15) is 0 Å². The van der Waals surface area contributed by atoms with Crippen LogP contribution >= 0.6 is 11.6 Å². The van der Waals surface area contributed by atoms with Crippen molar-refractivity contribution in [2.45, 2.75) is 0 Å². The summed E-state index contributed by atoms with van der Waals surface area (Å²) in [4.78, 5) is 38.8. The minimum Gasteiger partial charge on any atom is -0.350 e. The highest BCUT2D eigenvalue weighted by Crippen LogP contribution is 2.29. The standard InChI is InChI=1S/C24H18ClN3O3/c1-28-23(30)20(15-5-3-2-4-6-15)21(24(28)31)26-18-11-7-16(8-12-18)22(29)27-19-13-9-17(25)10-14-19/h2-14,26H,1H3,(H,27,29). The van der Waals surface area contributed by atoms with Gasteiger partial charge in [0.05, 0.1) is 5.57 Å². The molecular formula is C24H18ClN3O3. The third kappa shape index (κ3) is 4.20. The molecule has 0 radical (unpaired) electrons. The second-order valence-corrected chi connectivity index (χ2v) is 7.39. The molecule has 0 atom stereocenters. The summed E-state index contributed by atoms with van der Waals surface area (Å²) in [7, 11) is 1.45. The molecule has 0 bridgehead atoms. The predicted molar refractivity (Wildman–Crippen MR) is 121 cm³/mol. The fourth-order valence-electron chi connectivity index (χ4n) is 3.22. The minimum atomic E-state index is -0.409. The van der Waals surface area contributed by atoms with Crippen molar-refractivity contribution in [3.05, 3.63) is 101 Å². The van der Waals surface area contributed by atoms with Crippen molar-refractivity contribution in [2.24, 2.45) is 0 Å². The van der Waals surface area contributed by atoms with Crippen molar-refractivity contribution in [3.63, 3.8) is 0 Å².